The predicted molar refractivity (Wildman–Crippen MR) is 94.5 cm³/mol. The van der Waals surface area contributed by atoms with Crippen LogP contribution >= 0.6 is 0 Å². The number of hydrogen-bond acceptors (Lipinski definition) is 3. The summed E-state index contributed by atoms with van der Waals surface area (Å²) in [6, 6.07) is 7.54. The summed E-state index contributed by atoms with van der Waals surface area (Å²) < 4.78 is 1.41. The summed E-state index contributed by atoms with van der Waals surface area (Å²) in [6.45, 7) is 2.24. The van der Waals surface area contributed by atoms with Gasteiger partial charge in [0.25, 0.3) is 0 Å². The van der Waals surface area contributed by atoms with Gasteiger partial charge in [0.2, 0.25) is 5.91 Å². The van der Waals surface area contributed by atoms with E-state index in [1.807, 2.05) is 24.3 Å². The molecule has 4 heteroatoms. The van der Waals surface area contributed by atoms with Crippen molar-refractivity contribution in [3.63, 3.8) is 0 Å². The van der Waals surface area contributed by atoms with E-state index >= 15 is 0 Å². The first-order valence-electron chi connectivity index (χ1n) is 8.81. The first kappa shape index (κ1) is 17.4. The van der Waals surface area contributed by atoms with Crippen LogP contribution in [0.5, 0.6) is 0 Å². The van der Waals surface area contributed by atoms with Crippen LogP contribution in [0.1, 0.15) is 69.5 Å². The van der Waals surface area contributed by atoms with Crippen LogP contribution in [0.3, 0.4) is 0 Å². The number of carbonyl (C=O) groups is 1. The van der Waals surface area contributed by atoms with E-state index in [1.165, 1.54) is 43.2 Å². The third-order valence-corrected chi connectivity index (χ3v) is 4.00. The Hall–Kier alpha value is -1.97. The Bertz CT molecular complexity index is 630. The average Bonchev–Trinajstić information content (AvgIpc) is 3.00. The molecule has 0 aliphatic heterocycles. The van der Waals surface area contributed by atoms with Crippen LogP contribution in [0.25, 0.3) is 11.0 Å². The third kappa shape index (κ3) is 5.62. The van der Waals surface area contributed by atoms with Crippen LogP contribution in [0, 0.1) is 0 Å². The van der Waals surface area contributed by atoms with Gasteiger partial charge in [-0.25, -0.2) is 0 Å². The molecule has 23 heavy (non-hydrogen) atoms. The molecule has 0 aliphatic carbocycles. The molecule has 0 saturated carbocycles. The quantitative estimate of drug-likeness (QED) is 0.449. The number of para-hydroxylation sites is 1. The zero-order chi connectivity index (χ0) is 16.3. The van der Waals surface area contributed by atoms with Crippen molar-refractivity contribution in [1.29, 1.82) is 0 Å². The van der Waals surface area contributed by atoms with Gasteiger partial charge in [0.15, 0.2) is 0 Å². The molecule has 0 unspecified atom stereocenters. The van der Waals surface area contributed by atoms with Gasteiger partial charge >= 0.3 is 0 Å². The Kier molecular flexibility index (Phi) is 7.50. The van der Waals surface area contributed by atoms with E-state index in [9.17, 15) is 4.79 Å². The number of fused-ring (bicyclic) bond motifs is 1. The van der Waals surface area contributed by atoms with Crippen LogP contribution in [-0.2, 0) is 0 Å². The first-order chi connectivity index (χ1) is 11.3. The molecule has 1 aromatic carbocycles. The largest absolute Gasteiger partial charge is 0.272 e. The molecule has 0 radical (unpaired) electrons. The molecule has 1 aromatic heterocycles. The highest BCUT2D eigenvalue weighted by atomic mass is 16.2. The van der Waals surface area contributed by atoms with Crippen LogP contribution in [0.2, 0.25) is 0 Å². The van der Waals surface area contributed by atoms with Crippen LogP contribution in [0.15, 0.2) is 36.4 Å². The second-order valence-corrected chi connectivity index (χ2v) is 5.95. The average molecular weight is 313 g/mol. The lowest BCUT2D eigenvalue weighted by Crippen LogP contribution is -2.11. The number of nitrogens with zero attached hydrogens (tertiary/aromatic N) is 3. The van der Waals surface area contributed by atoms with E-state index in [1.54, 1.807) is 0 Å². The molecule has 4 nitrogen and oxygen atoms in total. The van der Waals surface area contributed by atoms with Crippen molar-refractivity contribution in [3.8, 4) is 0 Å². The maximum Gasteiger partial charge on any atom is 0.249 e. The Balaban J connectivity index is 1.64. The number of rotatable bonds is 10. The Morgan fingerprint density at radius 1 is 1.04 bits per heavy atom. The van der Waals surface area contributed by atoms with E-state index in [4.69, 9.17) is 0 Å². The van der Waals surface area contributed by atoms with Crippen molar-refractivity contribution in [3.05, 3.63) is 36.4 Å². The van der Waals surface area contributed by atoms with Crippen molar-refractivity contribution in [2.45, 2.75) is 64.7 Å². The highest BCUT2D eigenvalue weighted by Gasteiger charge is 2.10. The van der Waals surface area contributed by atoms with Crippen LogP contribution in [-0.4, -0.2) is 20.9 Å². The number of carbonyl (C=O) groups excluding carboxylic acids is 1. The summed E-state index contributed by atoms with van der Waals surface area (Å²) in [4.78, 5) is 12.2. The number of benzene rings is 1. The number of aromatic nitrogens is 3. The van der Waals surface area contributed by atoms with Crippen LogP contribution < -0.4 is 0 Å². The van der Waals surface area contributed by atoms with Crippen molar-refractivity contribution in [2.24, 2.45) is 0 Å². The van der Waals surface area contributed by atoms with E-state index in [0.717, 1.165) is 23.9 Å². The van der Waals surface area contributed by atoms with Gasteiger partial charge < -0.3 is 0 Å². The monoisotopic (exact) mass is 313 g/mol. The zero-order valence-electron chi connectivity index (χ0n) is 14.1. The molecule has 2 rings (SSSR count). The summed E-state index contributed by atoms with van der Waals surface area (Å²) >= 11 is 0. The second-order valence-electron chi connectivity index (χ2n) is 5.95. The minimum absolute atomic E-state index is 0.00270. The highest BCUT2D eigenvalue weighted by Crippen LogP contribution is 2.11. The van der Waals surface area contributed by atoms with Gasteiger partial charge in [0.05, 0.1) is 5.52 Å². The molecule has 124 valence electrons. The van der Waals surface area contributed by atoms with Crippen LogP contribution in [0.4, 0.5) is 0 Å². The molecule has 0 atom stereocenters. The summed E-state index contributed by atoms with van der Waals surface area (Å²) in [5.74, 6) is 0.00270. The predicted octanol–water partition coefficient (Wildman–Crippen LogP) is 5.16. The highest BCUT2D eigenvalue weighted by molar-refractivity contribution is 5.88. The molecule has 0 spiro atoms. The topological polar surface area (TPSA) is 47.8 Å². The lowest BCUT2D eigenvalue weighted by atomic mass is 10.1. The third-order valence-electron chi connectivity index (χ3n) is 4.00. The first-order valence-corrected chi connectivity index (χ1v) is 8.81. The SMILES string of the molecule is CCCCCCCC/C=C/CCC(=O)n1nnc2ccccc21. The molecule has 0 saturated heterocycles. The molecule has 2 aromatic rings. The fourth-order valence-electron chi connectivity index (χ4n) is 2.64. The summed E-state index contributed by atoms with van der Waals surface area (Å²) in [6.07, 6.45) is 14.6. The van der Waals surface area contributed by atoms with Gasteiger partial charge in [-0.05, 0) is 31.4 Å². The normalized spacial score (nSPS) is 11.5. The Morgan fingerprint density at radius 2 is 1.78 bits per heavy atom. The van der Waals surface area contributed by atoms with E-state index in [0.29, 0.717) is 6.42 Å². The fourth-order valence-corrected chi connectivity index (χ4v) is 2.64. The van der Waals surface area contributed by atoms with Crippen molar-refractivity contribution in [2.75, 3.05) is 0 Å². The zero-order valence-corrected chi connectivity index (χ0v) is 14.1. The van der Waals surface area contributed by atoms with Gasteiger partial charge in [-0.1, -0.05) is 68.5 Å². The molecule has 0 fully saturated rings. The van der Waals surface area contributed by atoms with Gasteiger partial charge in [0, 0.05) is 6.42 Å². The van der Waals surface area contributed by atoms with Gasteiger partial charge in [-0.2, -0.15) is 4.68 Å². The van der Waals surface area contributed by atoms with Crippen molar-refractivity contribution in [1.82, 2.24) is 15.0 Å². The fraction of sp³-hybridized carbons (Fsp3) is 0.526. The molecule has 0 aliphatic rings. The lowest BCUT2D eigenvalue weighted by molar-refractivity contribution is 0.0891. The Morgan fingerprint density at radius 3 is 2.65 bits per heavy atom. The minimum Gasteiger partial charge on any atom is -0.272 e. The second kappa shape index (κ2) is 9.93. The van der Waals surface area contributed by atoms with E-state index in [2.05, 4.69) is 29.4 Å². The standard InChI is InChI=1S/C19H27N3O/c1-2-3-4-5-6-7-8-9-10-11-16-19(23)22-18-15-13-12-14-17(18)20-21-22/h9-10,12-15H,2-8,11,16H2,1H3/b10-9+. The lowest BCUT2D eigenvalue weighted by Gasteiger charge is -1.99. The molecular weight excluding hydrogens is 286 g/mol. The van der Waals surface area contributed by atoms with E-state index < -0.39 is 0 Å². The minimum atomic E-state index is 0.00270. The molecular formula is C19H27N3O. The van der Waals surface area contributed by atoms with Crippen molar-refractivity contribution < 1.29 is 4.79 Å². The molecule has 0 bridgehead atoms. The van der Waals surface area contributed by atoms with Gasteiger partial charge in [-0.3, -0.25) is 4.79 Å². The number of allylic oxidation sites excluding steroid dienone is 2. The number of unbranched alkanes of at least 4 members (excludes halogenated alkanes) is 6. The summed E-state index contributed by atoms with van der Waals surface area (Å²) in [7, 11) is 0. The maximum atomic E-state index is 12.2. The van der Waals surface area contributed by atoms with Gasteiger partial charge in [-0.15, -0.1) is 5.10 Å². The van der Waals surface area contributed by atoms with Gasteiger partial charge in [0.1, 0.15) is 5.52 Å². The summed E-state index contributed by atoms with van der Waals surface area (Å²) in [5.41, 5.74) is 1.55. The Labute approximate surface area is 138 Å². The number of hydrogen-bond donors (Lipinski definition) is 0. The van der Waals surface area contributed by atoms with Crippen molar-refractivity contribution >= 4 is 16.9 Å². The summed E-state index contributed by atoms with van der Waals surface area (Å²) in [5, 5.41) is 7.97. The maximum absolute atomic E-state index is 12.2. The smallest absolute Gasteiger partial charge is 0.249 e. The van der Waals surface area contributed by atoms with E-state index in [-0.39, 0.29) is 5.91 Å². The molecule has 0 N–H and O–H groups in total. The molecule has 1 heterocycles. The molecule has 0 amide bonds.